The van der Waals surface area contributed by atoms with Crippen LogP contribution in [0.25, 0.3) is 11.2 Å². The number of aryl methyl sites for hydroxylation is 2. The van der Waals surface area contributed by atoms with Crippen LogP contribution < -0.4 is 4.74 Å². The van der Waals surface area contributed by atoms with Crippen molar-refractivity contribution >= 4 is 22.5 Å². The summed E-state index contributed by atoms with van der Waals surface area (Å²) in [7, 11) is 1.58. The zero-order valence-corrected chi connectivity index (χ0v) is 19.9. The zero-order valence-electron chi connectivity index (χ0n) is 19.1. The lowest BCUT2D eigenvalue weighted by molar-refractivity contribution is -0.337. The minimum absolute atomic E-state index is 0.00216. The van der Waals surface area contributed by atoms with E-state index in [2.05, 4.69) is 15.0 Å². The van der Waals surface area contributed by atoms with E-state index in [4.69, 9.17) is 19.4 Å². The lowest BCUT2D eigenvalue weighted by atomic mass is 9.34. The first-order valence-corrected chi connectivity index (χ1v) is 12.2. The molecule has 7 rings (SSSR count). The molecular formula is C23H24F3N5O2S. The molecule has 4 heterocycles. The highest BCUT2D eigenvalue weighted by molar-refractivity contribution is 7.13. The van der Waals surface area contributed by atoms with Gasteiger partial charge in [-0.05, 0) is 46.0 Å². The minimum Gasteiger partial charge on any atom is -0.473 e. The number of aromatic nitrogens is 5. The lowest BCUT2D eigenvalue weighted by Gasteiger charge is -2.70. The highest BCUT2D eigenvalue weighted by atomic mass is 32.1. The van der Waals surface area contributed by atoms with Crippen LogP contribution in [-0.4, -0.2) is 44.8 Å². The number of hydrogen-bond donors (Lipinski definition) is 0. The normalized spacial score (nSPS) is 30.6. The number of thiazole rings is 1. The molecule has 0 spiro atoms. The van der Waals surface area contributed by atoms with E-state index in [0.29, 0.717) is 40.9 Å². The van der Waals surface area contributed by atoms with E-state index < -0.39 is 17.0 Å². The summed E-state index contributed by atoms with van der Waals surface area (Å²) >= 11 is 1.44. The number of alkyl halides is 3. The van der Waals surface area contributed by atoms with Gasteiger partial charge in [0.05, 0.1) is 40.6 Å². The molecule has 3 aromatic rings. The molecule has 34 heavy (non-hydrogen) atoms. The van der Waals surface area contributed by atoms with Crippen molar-refractivity contribution in [1.82, 2.24) is 24.9 Å². The smallest absolute Gasteiger partial charge is 0.394 e. The SMILES string of the molecule is COc1ncc([C@H]2C[C@@H](c3nc(C45CC(C(F)(F)F)(C4)C5)c4nc(C)c(C)nc4n3)CCO2)s1. The van der Waals surface area contributed by atoms with E-state index in [1.54, 1.807) is 13.3 Å². The number of fused-ring (bicyclic) bond motifs is 1. The van der Waals surface area contributed by atoms with Gasteiger partial charge in [0.15, 0.2) is 5.65 Å². The number of ether oxygens (including phenoxy) is 2. The second-order valence-corrected chi connectivity index (χ2v) is 10.9. The molecule has 0 N–H and O–H groups in total. The van der Waals surface area contributed by atoms with Crippen molar-refractivity contribution in [2.75, 3.05) is 13.7 Å². The van der Waals surface area contributed by atoms with Gasteiger partial charge in [0.25, 0.3) is 5.19 Å². The average Bonchev–Trinajstić information content (AvgIpc) is 3.21. The maximum absolute atomic E-state index is 13.6. The van der Waals surface area contributed by atoms with Crippen LogP contribution in [0.1, 0.15) is 71.9 Å². The van der Waals surface area contributed by atoms with E-state index >= 15 is 0 Å². The summed E-state index contributed by atoms with van der Waals surface area (Å²) in [6.07, 6.45) is -0.968. The molecule has 180 valence electrons. The molecule has 4 fully saturated rings. The van der Waals surface area contributed by atoms with Gasteiger partial charge in [0.2, 0.25) is 0 Å². The summed E-state index contributed by atoms with van der Waals surface area (Å²) in [4.78, 5) is 24.2. The molecule has 0 radical (unpaired) electrons. The van der Waals surface area contributed by atoms with Gasteiger partial charge in [-0.15, -0.1) is 0 Å². The van der Waals surface area contributed by atoms with Gasteiger partial charge < -0.3 is 9.47 Å². The van der Waals surface area contributed by atoms with Crippen LogP contribution in [0.4, 0.5) is 13.2 Å². The van der Waals surface area contributed by atoms with Crippen LogP contribution in [0, 0.1) is 19.3 Å². The first kappa shape index (κ1) is 22.1. The van der Waals surface area contributed by atoms with Crippen molar-refractivity contribution in [3.05, 3.63) is 34.0 Å². The lowest BCUT2D eigenvalue weighted by Crippen LogP contribution is -2.70. The van der Waals surface area contributed by atoms with Crippen molar-refractivity contribution in [3.63, 3.8) is 0 Å². The third-order valence-electron chi connectivity index (χ3n) is 7.74. The largest absolute Gasteiger partial charge is 0.473 e. The van der Waals surface area contributed by atoms with Crippen LogP contribution in [-0.2, 0) is 10.2 Å². The monoisotopic (exact) mass is 491 g/mol. The Morgan fingerprint density at radius 1 is 1.09 bits per heavy atom. The Bertz CT molecular complexity index is 1270. The molecule has 11 heteroatoms. The number of halogens is 3. The Kier molecular flexibility index (Phi) is 4.74. The fraction of sp³-hybridized carbons (Fsp3) is 0.609. The molecule has 3 aromatic heterocycles. The van der Waals surface area contributed by atoms with Gasteiger partial charge >= 0.3 is 6.18 Å². The van der Waals surface area contributed by atoms with E-state index in [-0.39, 0.29) is 31.3 Å². The maximum atomic E-state index is 13.6. The van der Waals surface area contributed by atoms with Crippen molar-refractivity contribution in [2.45, 2.75) is 69.6 Å². The Morgan fingerprint density at radius 3 is 2.50 bits per heavy atom. The zero-order chi connectivity index (χ0) is 23.9. The third kappa shape index (κ3) is 3.16. The highest BCUT2D eigenvalue weighted by Crippen LogP contribution is 2.78. The van der Waals surface area contributed by atoms with E-state index in [1.807, 2.05) is 13.8 Å². The minimum atomic E-state index is -4.18. The second kappa shape index (κ2) is 7.30. The number of rotatable bonds is 4. The van der Waals surface area contributed by atoms with Crippen LogP contribution in [0.15, 0.2) is 6.20 Å². The molecular weight excluding hydrogens is 467 g/mol. The van der Waals surface area contributed by atoms with Gasteiger partial charge in [-0.25, -0.2) is 24.9 Å². The third-order valence-corrected chi connectivity index (χ3v) is 8.79. The molecule has 2 atom stereocenters. The molecule has 1 saturated heterocycles. The standard InChI is InChI=1S/C23H24F3N5O2S/c1-11-12(2)29-19-16(28-11)17(21-8-22(9-21,10-21)23(24,25)26)30-18(31-19)13-4-5-33-14(6-13)15-7-27-20(32-3)34-15/h7,13-14H,4-6,8-10H2,1-3H3/t13-,14+,21?,22?/m0/s1. The first-order chi connectivity index (χ1) is 16.1. The summed E-state index contributed by atoms with van der Waals surface area (Å²) in [5.74, 6) is 0.623. The quantitative estimate of drug-likeness (QED) is 0.501. The Balaban J connectivity index is 1.37. The second-order valence-electron chi connectivity index (χ2n) is 9.90. The van der Waals surface area contributed by atoms with Gasteiger partial charge in [-0.2, -0.15) is 13.2 Å². The predicted molar refractivity (Wildman–Crippen MR) is 118 cm³/mol. The summed E-state index contributed by atoms with van der Waals surface area (Å²) in [6.45, 7) is 4.25. The predicted octanol–water partition coefficient (Wildman–Crippen LogP) is 5.12. The van der Waals surface area contributed by atoms with E-state index in [9.17, 15) is 13.2 Å². The van der Waals surface area contributed by atoms with Crippen molar-refractivity contribution in [2.24, 2.45) is 5.41 Å². The van der Waals surface area contributed by atoms with Crippen molar-refractivity contribution in [3.8, 4) is 5.19 Å². The summed E-state index contributed by atoms with van der Waals surface area (Å²) in [6, 6.07) is 0. The average molecular weight is 492 g/mol. The molecule has 2 bridgehead atoms. The van der Waals surface area contributed by atoms with Crippen LogP contribution in [0.2, 0.25) is 0 Å². The molecule has 0 amide bonds. The Hall–Kier alpha value is -2.40. The molecule has 1 aliphatic heterocycles. The fourth-order valence-corrected chi connectivity index (χ4v) is 6.56. The highest BCUT2D eigenvalue weighted by Gasteiger charge is 2.79. The maximum Gasteiger partial charge on any atom is 0.394 e. The van der Waals surface area contributed by atoms with Crippen LogP contribution in [0.5, 0.6) is 5.19 Å². The van der Waals surface area contributed by atoms with E-state index in [1.165, 1.54) is 11.3 Å². The van der Waals surface area contributed by atoms with Gasteiger partial charge in [-0.3, -0.25) is 0 Å². The molecule has 3 saturated carbocycles. The van der Waals surface area contributed by atoms with Gasteiger partial charge in [0.1, 0.15) is 11.3 Å². The number of hydrogen-bond acceptors (Lipinski definition) is 8. The molecule has 4 aliphatic rings. The molecule has 7 nitrogen and oxygen atoms in total. The van der Waals surface area contributed by atoms with Crippen LogP contribution in [0.3, 0.4) is 0 Å². The van der Waals surface area contributed by atoms with Crippen molar-refractivity contribution < 1.29 is 22.6 Å². The Morgan fingerprint density at radius 2 is 1.82 bits per heavy atom. The summed E-state index contributed by atoms with van der Waals surface area (Å²) in [5, 5.41) is 0.577. The Labute approximate surface area is 198 Å². The summed E-state index contributed by atoms with van der Waals surface area (Å²) in [5.41, 5.74) is 0.997. The molecule has 3 aliphatic carbocycles. The van der Waals surface area contributed by atoms with Gasteiger partial charge in [0, 0.05) is 24.1 Å². The topological polar surface area (TPSA) is 82.9 Å². The van der Waals surface area contributed by atoms with E-state index in [0.717, 1.165) is 22.7 Å². The number of methoxy groups -OCH3 is 1. The molecule has 0 unspecified atom stereocenters. The first-order valence-electron chi connectivity index (χ1n) is 11.3. The summed E-state index contributed by atoms with van der Waals surface area (Å²) < 4.78 is 51.9. The number of nitrogens with zero attached hydrogens (tertiary/aromatic N) is 5. The van der Waals surface area contributed by atoms with Crippen molar-refractivity contribution in [1.29, 1.82) is 0 Å². The van der Waals surface area contributed by atoms with Gasteiger partial charge in [-0.1, -0.05) is 11.3 Å². The van der Waals surface area contributed by atoms with Crippen LogP contribution >= 0.6 is 11.3 Å². The molecule has 0 aromatic carbocycles. The fourth-order valence-electron chi connectivity index (χ4n) is 5.76.